The molecule has 0 bridgehead atoms. The summed E-state index contributed by atoms with van der Waals surface area (Å²) in [5.41, 5.74) is -1.07. The summed E-state index contributed by atoms with van der Waals surface area (Å²) in [7, 11) is 2.78. The molecule has 2 aromatic heterocycles. The van der Waals surface area contributed by atoms with Crippen molar-refractivity contribution in [2.75, 3.05) is 0 Å². The highest BCUT2D eigenvalue weighted by Gasteiger charge is 2.21. The standard InChI is InChI=1S/C16H21ClN6O4/c1-21-12-11(13(25)22(2)16(21)27)23(14(17)20-12)8-10(24)19-15(26)18-9-6-4-3-5-7-9/h9H,3-8H2,1-2H3,(H2,18,19,24,26). The molecule has 0 spiro atoms. The first-order chi connectivity index (χ1) is 12.8. The number of carbonyl (C=O) groups is 2. The predicted octanol–water partition coefficient (Wildman–Crippen LogP) is 0.246. The summed E-state index contributed by atoms with van der Waals surface area (Å²) >= 11 is 6.06. The largest absolute Gasteiger partial charge is 0.335 e. The van der Waals surface area contributed by atoms with Gasteiger partial charge in [-0.3, -0.25) is 28.6 Å². The van der Waals surface area contributed by atoms with Crippen molar-refractivity contribution in [1.82, 2.24) is 29.3 Å². The van der Waals surface area contributed by atoms with Crippen molar-refractivity contribution in [2.45, 2.75) is 44.7 Å². The monoisotopic (exact) mass is 396 g/mol. The first kappa shape index (κ1) is 19.2. The molecule has 3 amide bonds. The Balaban J connectivity index is 1.79. The van der Waals surface area contributed by atoms with E-state index in [4.69, 9.17) is 11.6 Å². The third-order valence-corrected chi connectivity index (χ3v) is 5.09. The highest BCUT2D eigenvalue weighted by molar-refractivity contribution is 6.29. The Morgan fingerprint density at radius 3 is 2.48 bits per heavy atom. The van der Waals surface area contributed by atoms with Gasteiger partial charge in [-0.2, -0.15) is 4.98 Å². The van der Waals surface area contributed by atoms with Crippen molar-refractivity contribution in [1.29, 1.82) is 0 Å². The highest BCUT2D eigenvalue weighted by Crippen LogP contribution is 2.17. The maximum atomic E-state index is 12.4. The van der Waals surface area contributed by atoms with Gasteiger partial charge in [-0.05, 0) is 24.4 Å². The van der Waals surface area contributed by atoms with Crippen molar-refractivity contribution < 1.29 is 9.59 Å². The molecule has 27 heavy (non-hydrogen) atoms. The number of nitrogens with one attached hydrogen (secondary N) is 2. The lowest BCUT2D eigenvalue weighted by molar-refractivity contribution is -0.120. The number of carbonyl (C=O) groups excluding carboxylic acids is 2. The van der Waals surface area contributed by atoms with Crippen LogP contribution in [-0.2, 0) is 25.4 Å². The molecule has 2 heterocycles. The number of imidazole rings is 1. The maximum Gasteiger partial charge on any atom is 0.332 e. The van der Waals surface area contributed by atoms with Crippen LogP contribution in [0.2, 0.25) is 5.28 Å². The van der Waals surface area contributed by atoms with Crippen LogP contribution < -0.4 is 21.9 Å². The van der Waals surface area contributed by atoms with E-state index in [1.54, 1.807) is 0 Å². The van der Waals surface area contributed by atoms with E-state index in [9.17, 15) is 19.2 Å². The van der Waals surface area contributed by atoms with Crippen molar-refractivity contribution >= 4 is 34.7 Å². The smallest absolute Gasteiger partial charge is 0.332 e. The summed E-state index contributed by atoms with van der Waals surface area (Å²) in [5, 5.41) is 4.90. The molecule has 1 fully saturated rings. The van der Waals surface area contributed by atoms with Gasteiger partial charge >= 0.3 is 11.7 Å². The number of rotatable bonds is 3. The molecule has 0 aromatic carbocycles. The molecule has 0 aliphatic heterocycles. The van der Waals surface area contributed by atoms with Crippen LogP contribution in [0.15, 0.2) is 9.59 Å². The molecule has 0 unspecified atom stereocenters. The zero-order valence-corrected chi connectivity index (χ0v) is 15.9. The molecule has 146 valence electrons. The number of aromatic nitrogens is 4. The van der Waals surface area contributed by atoms with Crippen LogP contribution >= 0.6 is 11.6 Å². The second-order valence-corrected chi connectivity index (χ2v) is 7.04. The molecule has 11 heteroatoms. The van der Waals surface area contributed by atoms with Crippen molar-refractivity contribution in [3.8, 4) is 0 Å². The Bertz CT molecular complexity index is 1010. The number of nitrogens with zero attached hydrogens (tertiary/aromatic N) is 4. The minimum Gasteiger partial charge on any atom is -0.335 e. The van der Waals surface area contributed by atoms with E-state index in [1.807, 2.05) is 0 Å². The van der Waals surface area contributed by atoms with E-state index in [-0.39, 0.29) is 29.0 Å². The van der Waals surface area contributed by atoms with Crippen LogP contribution in [0, 0.1) is 0 Å². The second-order valence-electron chi connectivity index (χ2n) is 6.70. The lowest BCUT2D eigenvalue weighted by atomic mass is 9.96. The molecule has 10 nitrogen and oxygen atoms in total. The molecular weight excluding hydrogens is 376 g/mol. The van der Waals surface area contributed by atoms with Crippen LogP contribution in [0.5, 0.6) is 0 Å². The second kappa shape index (κ2) is 7.55. The van der Waals surface area contributed by atoms with Crippen LogP contribution in [0.3, 0.4) is 0 Å². The molecule has 0 saturated heterocycles. The SMILES string of the molecule is Cn1c(=O)c2c(nc(Cl)n2CC(=O)NC(=O)NC2CCCCC2)n(C)c1=O. The quantitative estimate of drug-likeness (QED) is 0.720. The number of urea groups is 1. The predicted molar refractivity (Wildman–Crippen MR) is 98.8 cm³/mol. The molecule has 2 N–H and O–H groups in total. The number of hydrogen-bond donors (Lipinski definition) is 2. The van der Waals surface area contributed by atoms with Crippen molar-refractivity contribution in [2.24, 2.45) is 14.1 Å². The maximum absolute atomic E-state index is 12.4. The first-order valence-electron chi connectivity index (χ1n) is 8.71. The summed E-state index contributed by atoms with van der Waals surface area (Å²) in [6.07, 6.45) is 5.05. The molecule has 1 saturated carbocycles. The molecule has 0 radical (unpaired) electrons. The Labute approximate surface area is 159 Å². The number of halogens is 1. The third kappa shape index (κ3) is 3.75. The molecular formula is C16H21ClN6O4. The van der Waals surface area contributed by atoms with Gasteiger partial charge in [0.15, 0.2) is 11.2 Å². The number of fused-ring (bicyclic) bond motifs is 1. The van der Waals surface area contributed by atoms with Crippen LogP contribution in [0.1, 0.15) is 32.1 Å². The Hall–Kier alpha value is -2.62. The van der Waals surface area contributed by atoms with Gasteiger partial charge in [-0.15, -0.1) is 0 Å². The van der Waals surface area contributed by atoms with E-state index < -0.39 is 23.2 Å². The van der Waals surface area contributed by atoms with Gasteiger partial charge < -0.3 is 5.32 Å². The van der Waals surface area contributed by atoms with Gasteiger partial charge in [-0.25, -0.2) is 9.59 Å². The molecule has 1 aliphatic rings. The molecule has 0 atom stereocenters. The summed E-state index contributed by atoms with van der Waals surface area (Å²) in [4.78, 5) is 52.7. The molecule has 3 rings (SSSR count). The van der Waals surface area contributed by atoms with Crippen molar-refractivity contribution in [3.63, 3.8) is 0 Å². The minimum atomic E-state index is -0.639. The van der Waals surface area contributed by atoms with Gasteiger partial charge in [0.1, 0.15) is 6.54 Å². The van der Waals surface area contributed by atoms with E-state index in [0.717, 1.165) is 36.7 Å². The van der Waals surface area contributed by atoms with Gasteiger partial charge in [0.05, 0.1) is 0 Å². The van der Waals surface area contributed by atoms with Crippen molar-refractivity contribution in [3.05, 3.63) is 26.1 Å². The van der Waals surface area contributed by atoms with E-state index in [1.165, 1.54) is 23.2 Å². The number of hydrogen-bond acceptors (Lipinski definition) is 5. The minimum absolute atomic E-state index is 0.0208. The first-order valence-corrected chi connectivity index (χ1v) is 9.09. The summed E-state index contributed by atoms with van der Waals surface area (Å²) < 4.78 is 3.26. The third-order valence-electron chi connectivity index (χ3n) is 4.80. The summed E-state index contributed by atoms with van der Waals surface area (Å²) in [5.74, 6) is -0.639. The normalized spacial score (nSPS) is 15.1. The Morgan fingerprint density at radius 2 is 1.81 bits per heavy atom. The van der Waals surface area contributed by atoms with Gasteiger partial charge in [-0.1, -0.05) is 19.3 Å². The lowest BCUT2D eigenvalue weighted by Crippen LogP contribution is -2.46. The van der Waals surface area contributed by atoms with E-state index in [0.29, 0.717) is 0 Å². The molecule has 1 aliphatic carbocycles. The fourth-order valence-electron chi connectivity index (χ4n) is 3.34. The fraction of sp³-hybridized carbons (Fsp3) is 0.562. The molecule has 2 aromatic rings. The highest BCUT2D eigenvalue weighted by atomic mass is 35.5. The van der Waals surface area contributed by atoms with Crippen LogP contribution in [-0.4, -0.2) is 36.7 Å². The van der Waals surface area contributed by atoms with E-state index >= 15 is 0 Å². The average Bonchev–Trinajstić information content (AvgIpc) is 2.95. The van der Waals surface area contributed by atoms with Crippen LogP contribution in [0.4, 0.5) is 4.79 Å². The van der Waals surface area contributed by atoms with Gasteiger partial charge in [0, 0.05) is 20.1 Å². The summed E-state index contributed by atoms with van der Waals surface area (Å²) in [6.45, 7) is -0.374. The fourth-order valence-corrected chi connectivity index (χ4v) is 3.57. The van der Waals surface area contributed by atoms with Gasteiger partial charge in [0.2, 0.25) is 11.2 Å². The Kier molecular flexibility index (Phi) is 5.36. The average molecular weight is 397 g/mol. The zero-order valence-electron chi connectivity index (χ0n) is 15.1. The van der Waals surface area contributed by atoms with Gasteiger partial charge in [0.25, 0.3) is 5.56 Å². The lowest BCUT2D eigenvalue weighted by Gasteiger charge is -2.22. The van der Waals surface area contributed by atoms with Crippen LogP contribution in [0.25, 0.3) is 11.2 Å². The number of amides is 3. The number of imide groups is 1. The zero-order chi connectivity index (χ0) is 19.7. The van der Waals surface area contributed by atoms with E-state index in [2.05, 4.69) is 15.6 Å². The topological polar surface area (TPSA) is 120 Å². The summed E-state index contributed by atoms with van der Waals surface area (Å²) in [6, 6.07) is -0.515. The Morgan fingerprint density at radius 1 is 1.15 bits per heavy atom. The number of aryl methyl sites for hydroxylation is 1.